The summed E-state index contributed by atoms with van der Waals surface area (Å²) in [5.74, 6) is 0.518. The topological polar surface area (TPSA) is 68.3 Å². The molecule has 3 aromatic rings. The number of likely N-dealkylation sites (tertiary alicyclic amines) is 1. The minimum absolute atomic E-state index is 0.0155. The lowest BCUT2D eigenvalue weighted by molar-refractivity contribution is -0.139. The number of methoxy groups -OCH3 is 1. The maximum Gasteiger partial charge on any atom is 0.410 e. The number of hydrogen-bond acceptors (Lipinski definition) is 5. The summed E-state index contributed by atoms with van der Waals surface area (Å²) in [7, 11) is 1.69. The van der Waals surface area contributed by atoms with Crippen molar-refractivity contribution in [3.63, 3.8) is 0 Å². The number of nitrogens with zero attached hydrogens (tertiary/aromatic N) is 2. The van der Waals surface area contributed by atoms with Crippen LogP contribution in [-0.4, -0.2) is 66.9 Å². The summed E-state index contributed by atoms with van der Waals surface area (Å²) in [5, 5.41) is 0. The lowest BCUT2D eigenvalue weighted by Gasteiger charge is -2.40. The Morgan fingerprint density at radius 1 is 0.911 bits per heavy atom. The monoisotopic (exact) mass is 612 g/mol. The zero-order valence-electron chi connectivity index (χ0n) is 27.5. The van der Waals surface area contributed by atoms with Crippen LogP contribution < -0.4 is 4.74 Å². The van der Waals surface area contributed by atoms with Crippen LogP contribution in [0.5, 0.6) is 5.75 Å². The van der Waals surface area contributed by atoms with Gasteiger partial charge in [-0.2, -0.15) is 0 Å². The van der Waals surface area contributed by atoms with Crippen molar-refractivity contribution >= 4 is 12.0 Å². The molecule has 240 valence electrons. The second-order valence-corrected chi connectivity index (χ2v) is 13.5. The zero-order chi connectivity index (χ0) is 32.0. The summed E-state index contributed by atoms with van der Waals surface area (Å²) in [6.07, 6.45) is 3.14. The molecule has 45 heavy (non-hydrogen) atoms. The molecule has 1 saturated carbocycles. The molecule has 2 amide bonds. The van der Waals surface area contributed by atoms with E-state index in [1.165, 1.54) is 0 Å². The van der Waals surface area contributed by atoms with Gasteiger partial charge in [-0.05, 0) is 92.8 Å². The molecule has 1 saturated heterocycles. The fourth-order valence-corrected chi connectivity index (χ4v) is 6.25. The van der Waals surface area contributed by atoms with Crippen LogP contribution in [0.4, 0.5) is 4.79 Å². The van der Waals surface area contributed by atoms with E-state index in [1.807, 2.05) is 45.0 Å². The summed E-state index contributed by atoms with van der Waals surface area (Å²) in [6, 6.07) is 25.3. The van der Waals surface area contributed by atoms with Crippen molar-refractivity contribution < 1.29 is 23.8 Å². The number of hydrogen-bond donors (Lipinski definition) is 0. The summed E-state index contributed by atoms with van der Waals surface area (Å²) >= 11 is 0. The average Bonchev–Trinajstić information content (AvgIpc) is 3.86. The molecule has 1 aliphatic carbocycles. The van der Waals surface area contributed by atoms with Gasteiger partial charge in [-0.1, -0.05) is 60.7 Å². The number of piperidine rings is 1. The van der Waals surface area contributed by atoms with E-state index in [0.29, 0.717) is 39.3 Å². The van der Waals surface area contributed by atoms with Gasteiger partial charge in [-0.3, -0.25) is 4.79 Å². The number of benzene rings is 3. The molecule has 2 aliphatic rings. The van der Waals surface area contributed by atoms with E-state index in [9.17, 15) is 9.59 Å². The van der Waals surface area contributed by atoms with E-state index in [1.54, 1.807) is 12.0 Å². The first-order valence-electron chi connectivity index (χ1n) is 16.3. The van der Waals surface area contributed by atoms with Crippen LogP contribution in [0.25, 0.3) is 11.1 Å². The van der Waals surface area contributed by atoms with E-state index in [2.05, 4.69) is 60.4 Å². The summed E-state index contributed by atoms with van der Waals surface area (Å²) in [6.45, 7) is 10.3. The lowest BCUT2D eigenvalue weighted by Crippen LogP contribution is -2.51. The zero-order valence-corrected chi connectivity index (χ0v) is 27.5. The standard InChI is InChI=1S/C38H48N2O5/c1-27-21-28(23-33(22-27)44-20-10-19-43-5)25-40(32-15-16-32)36(41)35-26-39(37(42)45-38(2,3)4)18-17-34(35)31-14-9-13-30(24-31)29-11-7-6-8-12-29/h6-9,11-14,21-24,32,34-35H,10,15-20,25-26H2,1-5H3/t34-,35+/m1/s1. The molecule has 7 nitrogen and oxygen atoms in total. The number of aryl methyl sites for hydroxylation is 1. The molecule has 7 heteroatoms. The van der Waals surface area contributed by atoms with E-state index in [0.717, 1.165) is 52.8 Å². The first-order valence-corrected chi connectivity index (χ1v) is 16.3. The Bertz CT molecular complexity index is 1450. The molecule has 0 unspecified atom stereocenters. The number of amides is 2. The van der Waals surface area contributed by atoms with Gasteiger partial charge < -0.3 is 24.0 Å². The Kier molecular flexibility index (Phi) is 10.5. The van der Waals surface area contributed by atoms with Crippen LogP contribution in [0, 0.1) is 12.8 Å². The van der Waals surface area contributed by atoms with Gasteiger partial charge in [-0.15, -0.1) is 0 Å². The van der Waals surface area contributed by atoms with E-state index in [4.69, 9.17) is 14.2 Å². The third-order valence-corrected chi connectivity index (χ3v) is 8.50. The predicted molar refractivity (Wildman–Crippen MR) is 177 cm³/mol. The van der Waals surface area contributed by atoms with Gasteiger partial charge >= 0.3 is 6.09 Å². The molecule has 3 aromatic carbocycles. The summed E-state index contributed by atoms with van der Waals surface area (Å²) < 4.78 is 16.9. The van der Waals surface area contributed by atoms with Gasteiger partial charge in [0.05, 0.1) is 12.5 Å². The molecular weight excluding hydrogens is 564 g/mol. The van der Waals surface area contributed by atoms with Crippen molar-refractivity contribution in [3.8, 4) is 16.9 Å². The van der Waals surface area contributed by atoms with Crippen molar-refractivity contribution in [3.05, 3.63) is 89.5 Å². The highest BCUT2D eigenvalue weighted by Crippen LogP contribution is 2.39. The summed E-state index contributed by atoms with van der Waals surface area (Å²) in [5.41, 5.74) is 4.96. The molecule has 1 aliphatic heterocycles. The van der Waals surface area contributed by atoms with E-state index in [-0.39, 0.29) is 29.9 Å². The molecule has 1 heterocycles. The van der Waals surface area contributed by atoms with E-state index >= 15 is 0 Å². The van der Waals surface area contributed by atoms with Crippen LogP contribution in [0.2, 0.25) is 0 Å². The van der Waals surface area contributed by atoms with Crippen molar-refractivity contribution in [1.82, 2.24) is 9.80 Å². The highest BCUT2D eigenvalue weighted by atomic mass is 16.6. The molecule has 2 atom stereocenters. The second-order valence-electron chi connectivity index (χ2n) is 13.5. The fraction of sp³-hybridized carbons (Fsp3) is 0.474. The van der Waals surface area contributed by atoms with Gasteiger partial charge in [0.15, 0.2) is 0 Å². The second kappa shape index (κ2) is 14.5. The highest BCUT2D eigenvalue weighted by molar-refractivity contribution is 5.82. The third-order valence-electron chi connectivity index (χ3n) is 8.50. The fourth-order valence-electron chi connectivity index (χ4n) is 6.25. The Hall–Kier alpha value is -3.84. The van der Waals surface area contributed by atoms with Gasteiger partial charge in [0.25, 0.3) is 0 Å². The Labute approximate surface area is 268 Å². The minimum atomic E-state index is -0.605. The molecule has 5 rings (SSSR count). The normalized spacial score (nSPS) is 18.4. The molecule has 0 N–H and O–H groups in total. The van der Waals surface area contributed by atoms with Crippen molar-refractivity contribution in [2.24, 2.45) is 5.92 Å². The van der Waals surface area contributed by atoms with Gasteiger partial charge in [-0.25, -0.2) is 4.79 Å². The highest BCUT2D eigenvalue weighted by Gasteiger charge is 2.43. The minimum Gasteiger partial charge on any atom is -0.493 e. The van der Waals surface area contributed by atoms with Crippen LogP contribution in [-0.2, 0) is 20.8 Å². The first-order chi connectivity index (χ1) is 21.6. The Balaban J connectivity index is 1.42. The van der Waals surface area contributed by atoms with Crippen LogP contribution in [0.15, 0.2) is 72.8 Å². The van der Waals surface area contributed by atoms with Crippen molar-refractivity contribution in [2.75, 3.05) is 33.4 Å². The number of carbonyl (C=O) groups excluding carboxylic acids is 2. The Morgan fingerprint density at radius 3 is 2.38 bits per heavy atom. The quantitative estimate of drug-likeness (QED) is 0.209. The van der Waals surface area contributed by atoms with Crippen molar-refractivity contribution in [2.45, 2.75) is 77.5 Å². The van der Waals surface area contributed by atoms with E-state index < -0.39 is 5.60 Å². The van der Waals surface area contributed by atoms with Crippen LogP contribution in [0.1, 0.15) is 69.1 Å². The third kappa shape index (κ3) is 8.88. The number of ether oxygens (including phenoxy) is 3. The molecule has 0 bridgehead atoms. The number of carbonyl (C=O) groups is 2. The Morgan fingerprint density at radius 2 is 1.67 bits per heavy atom. The average molecular weight is 613 g/mol. The summed E-state index contributed by atoms with van der Waals surface area (Å²) in [4.78, 5) is 31.7. The SMILES string of the molecule is COCCCOc1cc(C)cc(CN(C(=O)[C@H]2CN(C(=O)OC(C)(C)C)CC[C@@H]2c2cccc(-c3ccccc3)c2)C2CC2)c1. The van der Waals surface area contributed by atoms with Gasteiger partial charge in [0.2, 0.25) is 5.91 Å². The maximum atomic E-state index is 14.7. The van der Waals surface area contributed by atoms with Gasteiger partial charge in [0, 0.05) is 45.8 Å². The molecule has 0 aromatic heterocycles. The molecule has 0 spiro atoms. The molecular formula is C38H48N2O5. The predicted octanol–water partition coefficient (Wildman–Crippen LogP) is 7.61. The molecule has 2 fully saturated rings. The molecule has 0 radical (unpaired) electrons. The number of rotatable bonds is 11. The first kappa shape index (κ1) is 32.6. The smallest absolute Gasteiger partial charge is 0.410 e. The maximum absolute atomic E-state index is 14.7. The van der Waals surface area contributed by atoms with Crippen molar-refractivity contribution in [1.29, 1.82) is 0 Å². The van der Waals surface area contributed by atoms with Crippen LogP contribution in [0.3, 0.4) is 0 Å². The van der Waals surface area contributed by atoms with Crippen LogP contribution >= 0.6 is 0 Å². The lowest BCUT2D eigenvalue weighted by atomic mass is 9.79. The van der Waals surface area contributed by atoms with Gasteiger partial charge in [0.1, 0.15) is 11.4 Å². The largest absolute Gasteiger partial charge is 0.493 e.